The van der Waals surface area contributed by atoms with E-state index in [9.17, 15) is 0 Å². The van der Waals surface area contributed by atoms with E-state index in [1.54, 1.807) is 0 Å². The second-order valence-electron chi connectivity index (χ2n) is 35.7. The number of rotatable bonds is 8. The van der Waals surface area contributed by atoms with Crippen molar-refractivity contribution in [2.24, 2.45) is 0 Å². The number of hydrogen-bond donors (Lipinski definition) is 0. The van der Waals surface area contributed by atoms with Crippen LogP contribution in [0.2, 0.25) is 0 Å². The zero-order valence-electron chi connectivity index (χ0n) is 67.9. The third-order valence-electron chi connectivity index (χ3n) is 26.6. The molecule has 566 valence electrons. The second kappa shape index (κ2) is 26.4. The Labute approximate surface area is 678 Å². The van der Waals surface area contributed by atoms with Gasteiger partial charge in [0.2, 0.25) is 0 Å². The van der Waals surface area contributed by atoms with Crippen LogP contribution in [0.4, 0.5) is 0 Å². The summed E-state index contributed by atoms with van der Waals surface area (Å²) in [6.45, 7) is 34.1. The van der Waals surface area contributed by atoms with Gasteiger partial charge in [-0.15, -0.1) is 0 Å². The molecular weight excluding hydrogens is 1470 g/mol. The predicted octanol–water partition coefficient (Wildman–Crippen LogP) is 24.7. The molecule has 0 amide bonds. The number of benzene rings is 12. The van der Waals surface area contributed by atoms with Crippen molar-refractivity contribution in [1.82, 2.24) is 18.3 Å². The Kier molecular flexibility index (Phi) is 17.1. The zero-order valence-corrected chi connectivity index (χ0v) is 69.5. The Balaban J connectivity index is 0.000000127. The van der Waals surface area contributed by atoms with Gasteiger partial charge < -0.3 is 46.2 Å². The van der Waals surface area contributed by atoms with Crippen molar-refractivity contribution in [2.75, 3.05) is 0 Å². The van der Waals surface area contributed by atoms with Gasteiger partial charge in [-0.2, -0.15) is 0 Å². The van der Waals surface area contributed by atoms with Gasteiger partial charge in [0, 0.05) is 82.8 Å². The summed E-state index contributed by atoms with van der Waals surface area (Å²) in [6, 6.07) is 97.8. The lowest BCUT2D eigenvalue weighted by molar-refractivity contribution is 0.00578. The summed E-state index contributed by atoms with van der Waals surface area (Å²) >= 11 is 3.75. The van der Waals surface area contributed by atoms with E-state index in [0.717, 1.165) is 32.5 Å². The average Bonchev–Trinajstić information content (AvgIpc) is 1.55. The molecule has 114 heavy (non-hydrogen) atoms. The molecule has 5 aliphatic rings. The van der Waals surface area contributed by atoms with Crippen molar-refractivity contribution >= 4 is 108 Å². The average molecular weight is 1560 g/mol. The topological polar surface area (TPSA) is 75.1 Å². The Morgan fingerprint density at radius 3 is 1.03 bits per heavy atom. The van der Waals surface area contributed by atoms with E-state index in [2.05, 4.69) is 369 Å². The minimum absolute atomic E-state index is 0.0612. The third kappa shape index (κ3) is 11.7. The van der Waals surface area contributed by atoms with Crippen molar-refractivity contribution in [3.05, 3.63) is 306 Å². The maximum Gasteiger partial charge on any atom is 0.494 e. The SMILES string of the molecule is CC1(C)OB(B2OC(C)(C)C(C)(C)O2)OC1(C)C.CC1(C)c2ccccc2-c2ccc(-n3c4ccc(B5OC(C)(C)C(C)(C)O5)cc4c4ccc5c(ccn5-c5ccc(-c6ccccc6)cc5)c43)cc21.CC1(C)c2ccccc2-c2ccc(-n3c4ccc(Br)cc4c4ccc5c(ccn5-c5ccc(-c6ccccc6)cc5)c43)cc21. The summed E-state index contributed by atoms with van der Waals surface area (Å²) in [6.07, 6.45) is 4.42. The van der Waals surface area contributed by atoms with Crippen LogP contribution in [-0.4, -0.2) is 73.0 Å². The number of aromatic nitrogens is 4. The van der Waals surface area contributed by atoms with E-state index in [4.69, 9.17) is 27.9 Å². The summed E-state index contributed by atoms with van der Waals surface area (Å²) in [7, 11) is -1.39. The first-order chi connectivity index (χ1) is 54.4. The Bertz CT molecular complexity index is 6460. The van der Waals surface area contributed by atoms with E-state index in [1.165, 1.54) is 132 Å². The fourth-order valence-corrected chi connectivity index (χ4v) is 18.5. The van der Waals surface area contributed by atoms with Crippen molar-refractivity contribution < 1.29 is 27.9 Å². The molecule has 0 atom stereocenters. The highest BCUT2D eigenvalue weighted by atomic mass is 79.9. The lowest BCUT2D eigenvalue weighted by Crippen LogP contribution is -2.41. The molecule has 3 saturated heterocycles. The molecule has 16 aromatic rings. The zero-order chi connectivity index (χ0) is 79.1. The number of hydrogen-bond acceptors (Lipinski definition) is 6. The monoisotopic (exact) mass is 1560 g/mol. The van der Waals surface area contributed by atoms with Gasteiger partial charge in [-0.25, -0.2) is 0 Å². The number of halogens is 1. The van der Waals surface area contributed by atoms with Crippen LogP contribution in [0.1, 0.15) is 133 Å². The van der Waals surface area contributed by atoms with Gasteiger partial charge in [0.1, 0.15) is 0 Å². The molecular formula is C100H94B3BrN4O6. The highest BCUT2D eigenvalue weighted by molar-refractivity contribution is 9.10. The van der Waals surface area contributed by atoms with Gasteiger partial charge >= 0.3 is 21.1 Å². The number of nitrogens with zero attached hydrogens (tertiary/aromatic N) is 4. The summed E-state index contributed by atoms with van der Waals surface area (Å²) in [5.41, 5.74) is 26.2. The van der Waals surface area contributed by atoms with E-state index in [-0.39, 0.29) is 33.2 Å². The molecule has 21 rings (SSSR count). The summed E-state index contributed by atoms with van der Waals surface area (Å²) in [4.78, 5) is 0. The van der Waals surface area contributed by atoms with Crippen LogP contribution < -0.4 is 5.46 Å². The molecule has 2 aliphatic carbocycles. The van der Waals surface area contributed by atoms with E-state index >= 15 is 0 Å². The van der Waals surface area contributed by atoms with Gasteiger partial charge in [0.05, 0.1) is 66.7 Å². The molecule has 4 aromatic heterocycles. The first-order valence-corrected chi connectivity index (χ1v) is 40.9. The van der Waals surface area contributed by atoms with Crippen LogP contribution in [0.25, 0.3) is 133 Å². The van der Waals surface area contributed by atoms with E-state index in [1.807, 2.05) is 55.4 Å². The Morgan fingerprint density at radius 2 is 0.605 bits per heavy atom. The minimum atomic E-state index is -0.476. The summed E-state index contributed by atoms with van der Waals surface area (Å²) in [5.74, 6) is 0. The van der Waals surface area contributed by atoms with Crippen molar-refractivity contribution in [3.8, 4) is 67.3 Å². The van der Waals surface area contributed by atoms with Crippen molar-refractivity contribution in [3.63, 3.8) is 0 Å². The van der Waals surface area contributed by atoms with Gasteiger partial charge in [-0.1, -0.05) is 213 Å². The fourth-order valence-electron chi connectivity index (χ4n) is 18.1. The molecule has 7 heterocycles. The maximum absolute atomic E-state index is 6.53. The normalized spacial score (nSPS) is 18.0. The molecule has 0 radical (unpaired) electrons. The highest BCUT2D eigenvalue weighted by Crippen LogP contribution is 2.53. The predicted molar refractivity (Wildman–Crippen MR) is 477 cm³/mol. The van der Waals surface area contributed by atoms with Crippen LogP contribution in [0, 0.1) is 0 Å². The van der Waals surface area contributed by atoms with Crippen molar-refractivity contribution in [2.45, 2.75) is 155 Å². The van der Waals surface area contributed by atoms with Crippen LogP contribution in [-0.2, 0) is 38.8 Å². The van der Waals surface area contributed by atoms with Crippen LogP contribution in [0.5, 0.6) is 0 Å². The molecule has 14 heteroatoms. The molecule has 3 aliphatic heterocycles. The molecule has 0 N–H and O–H groups in total. The smallest absolute Gasteiger partial charge is 0.405 e. The lowest BCUT2D eigenvalue weighted by Gasteiger charge is -2.32. The first kappa shape index (κ1) is 73.9. The highest BCUT2D eigenvalue weighted by Gasteiger charge is 2.64. The van der Waals surface area contributed by atoms with Gasteiger partial charge in [0.25, 0.3) is 0 Å². The molecule has 0 saturated carbocycles. The van der Waals surface area contributed by atoms with E-state index in [0.29, 0.717) is 0 Å². The Hall–Kier alpha value is -10.2. The number of fused-ring (bicyclic) bond motifs is 16. The minimum Gasteiger partial charge on any atom is -0.405 e. The molecule has 10 nitrogen and oxygen atoms in total. The molecule has 0 spiro atoms. The molecule has 12 aromatic carbocycles. The van der Waals surface area contributed by atoms with Gasteiger partial charge in [0.15, 0.2) is 0 Å². The third-order valence-corrected chi connectivity index (χ3v) is 27.1. The van der Waals surface area contributed by atoms with Gasteiger partial charge in [-0.3, -0.25) is 0 Å². The first-order valence-electron chi connectivity index (χ1n) is 40.1. The largest absolute Gasteiger partial charge is 0.494 e. The molecule has 0 bridgehead atoms. The molecule has 3 fully saturated rings. The Morgan fingerprint density at radius 1 is 0.263 bits per heavy atom. The van der Waals surface area contributed by atoms with E-state index < -0.39 is 32.3 Å². The van der Waals surface area contributed by atoms with Crippen molar-refractivity contribution in [1.29, 1.82) is 0 Å². The summed E-state index contributed by atoms with van der Waals surface area (Å²) < 4.78 is 47.6. The fraction of sp³-hybridized carbons (Fsp3) is 0.240. The van der Waals surface area contributed by atoms with Crippen LogP contribution in [0.3, 0.4) is 0 Å². The molecule has 0 unspecified atom stereocenters. The standard InChI is InChI=1S/C47H41BN2O2.C41H29BrN2.C12H24B2O4/c1-45(2)40-15-11-10-14-35(40)36-22-21-34(29-41(36)45)50-43-24-18-32(48-51-46(3,4)47(5,6)52-48)28-39(43)37-23-25-42-38(44(37)50)26-27-49(42)33-19-16-31(17-20-33)30-12-8-7-9-13-30;1-41(2)36-11-7-6-10-31(36)32-18-17-30(25-37(32)41)44-39-20-14-28(42)24-35(39)33-19-21-38-34(40(33)44)22-23-43(38)29-15-12-27(13-16-29)26-8-4-3-5-9-26;1-9(2)10(3,4)16-13(15-9)14-17-11(5,6)12(7,8)18-14/h7-29H,1-6H3;3-25H,1-2H3;1-8H3. The maximum atomic E-state index is 6.53. The second-order valence-corrected chi connectivity index (χ2v) is 36.6. The van der Waals surface area contributed by atoms with Crippen LogP contribution in [0.15, 0.2) is 284 Å². The quantitative estimate of drug-likeness (QED) is 0.141. The van der Waals surface area contributed by atoms with Gasteiger partial charge in [-0.05, 0) is 252 Å². The summed E-state index contributed by atoms with van der Waals surface area (Å²) in [5, 5.41) is 7.35. The lowest BCUT2D eigenvalue weighted by atomic mass is 9.49. The van der Waals surface area contributed by atoms with Crippen LogP contribution >= 0.6 is 15.9 Å².